The summed E-state index contributed by atoms with van der Waals surface area (Å²) in [5, 5.41) is 0. The van der Waals surface area contributed by atoms with E-state index in [1.807, 2.05) is 4.90 Å². The van der Waals surface area contributed by atoms with Crippen molar-refractivity contribution in [3.63, 3.8) is 0 Å². The number of H-pyrrole nitrogens is 1. The topological polar surface area (TPSA) is 58.2 Å². The lowest BCUT2D eigenvalue weighted by Crippen LogP contribution is -2.32. The molecule has 5 nitrogen and oxygen atoms in total. The first kappa shape index (κ1) is 16.7. The van der Waals surface area contributed by atoms with Crippen molar-refractivity contribution in [1.82, 2.24) is 14.9 Å². The summed E-state index contributed by atoms with van der Waals surface area (Å²) in [4.78, 5) is 22.2. The van der Waals surface area contributed by atoms with Gasteiger partial charge in [-0.05, 0) is 25.8 Å². The average Bonchev–Trinajstić information content (AvgIpc) is 3.20. The molecule has 0 bridgehead atoms. The van der Waals surface area contributed by atoms with Crippen LogP contribution in [0.1, 0.15) is 41.4 Å². The molecule has 1 aromatic heterocycles. The largest absolute Gasteiger partial charge is 0.380 e. The van der Waals surface area contributed by atoms with E-state index in [-0.39, 0.29) is 18.1 Å². The van der Waals surface area contributed by atoms with Gasteiger partial charge < -0.3 is 14.6 Å². The van der Waals surface area contributed by atoms with Crippen molar-refractivity contribution in [3.8, 4) is 0 Å². The molecule has 1 aliphatic heterocycles. The minimum absolute atomic E-state index is 0.0169. The number of hydrogen-bond acceptors (Lipinski definition) is 3. The zero-order valence-electron chi connectivity index (χ0n) is 14.6. The number of methoxy groups -OCH3 is 1. The Labute approximate surface area is 143 Å². The molecule has 2 atom stereocenters. The first-order chi connectivity index (χ1) is 11.6. The maximum atomic E-state index is 12.8. The average molecular weight is 327 g/mol. The number of aromatic amines is 1. The van der Waals surface area contributed by atoms with E-state index in [9.17, 15) is 4.79 Å². The molecule has 128 valence electrons. The molecular formula is C19H25N3O2. The Morgan fingerprint density at radius 1 is 1.33 bits per heavy atom. The number of ether oxygens (including phenoxy) is 1. The Balaban J connectivity index is 1.68. The SMILES string of the molecule is CO[C@@H]1CC(c2ncc[nH]2)N(C(=O)CCc2cc(C)cc(C)c2)C1. The molecule has 1 unspecified atom stereocenters. The van der Waals surface area contributed by atoms with Gasteiger partial charge in [-0.2, -0.15) is 0 Å². The van der Waals surface area contributed by atoms with Crippen LogP contribution in [0.5, 0.6) is 0 Å². The molecule has 24 heavy (non-hydrogen) atoms. The molecule has 5 heteroatoms. The molecule has 1 N–H and O–H groups in total. The van der Waals surface area contributed by atoms with Crippen LogP contribution in [0.4, 0.5) is 0 Å². The predicted molar refractivity (Wildman–Crippen MR) is 92.7 cm³/mol. The summed E-state index contributed by atoms with van der Waals surface area (Å²) in [5.41, 5.74) is 3.70. The van der Waals surface area contributed by atoms with Gasteiger partial charge >= 0.3 is 0 Å². The quantitative estimate of drug-likeness (QED) is 0.918. The Hall–Kier alpha value is -2.14. The van der Waals surface area contributed by atoms with E-state index in [1.165, 1.54) is 16.7 Å². The van der Waals surface area contributed by atoms with Gasteiger partial charge in [-0.25, -0.2) is 4.98 Å². The summed E-state index contributed by atoms with van der Waals surface area (Å²) in [7, 11) is 1.70. The summed E-state index contributed by atoms with van der Waals surface area (Å²) in [6.07, 6.45) is 5.67. The molecule has 0 aliphatic carbocycles. The number of carbonyl (C=O) groups is 1. The molecule has 1 aromatic carbocycles. The molecule has 1 amide bonds. The standard InChI is InChI=1S/C19H25N3O2/c1-13-8-14(2)10-15(9-13)4-5-18(23)22-12-16(24-3)11-17(22)19-20-6-7-21-19/h6-10,16-17H,4-5,11-12H2,1-3H3,(H,20,21)/t16-,17?/m1/s1. The number of aryl methyl sites for hydroxylation is 3. The van der Waals surface area contributed by atoms with Crippen LogP contribution in [0, 0.1) is 13.8 Å². The predicted octanol–water partition coefficient (Wildman–Crippen LogP) is 2.95. The highest BCUT2D eigenvalue weighted by atomic mass is 16.5. The number of amides is 1. The fraction of sp³-hybridized carbons (Fsp3) is 0.474. The molecule has 3 rings (SSSR count). The van der Waals surface area contributed by atoms with Gasteiger partial charge in [0.2, 0.25) is 5.91 Å². The first-order valence-corrected chi connectivity index (χ1v) is 8.45. The van der Waals surface area contributed by atoms with Gasteiger partial charge in [-0.3, -0.25) is 4.79 Å². The van der Waals surface area contributed by atoms with E-state index in [4.69, 9.17) is 4.74 Å². The molecule has 1 saturated heterocycles. The number of likely N-dealkylation sites (tertiary alicyclic amines) is 1. The van der Waals surface area contributed by atoms with Crippen molar-refractivity contribution in [1.29, 1.82) is 0 Å². The Morgan fingerprint density at radius 3 is 2.71 bits per heavy atom. The first-order valence-electron chi connectivity index (χ1n) is 8.45. The number of carbonyl (C=O) groups excluding carboxylic acids is 1. The number of nitrogens with zero attached hydrogens (tertiary/aromatic N) is 2. The second-order valence-corrected chi connectivity index (χ2v) is 6.63. The van der Waals surface area contributed by atoms with Crippen molar-refractivity contribution in [2.24, 2.45) is 0 Å². The normalized spacial score (nSPS) is 20.5. The minimum Gasteiger partial charge on any atom is -0.380 e. The summed E-state index contributed by atoms with van der Waals surface area (Å²) in [6.45, 7) is 4.82. The van der Waals surface area contributed by atoms with E-state index < -0.39 is 0 Å². The lowest BCUT2D eigenvalue weighted by Gasteiger charge is -2.23. The van der Waals surface area contributed by atoms with Gasteiger partial charge in [0.25, 0.3) is 0 Å². The molecule has 0 spiro atoms. The number of rotatable bonds is 5. The van der Waals surface area contributed by atoms with Gasteiger partial charge in [-0.15, -0.1) is 0 Å². The maximum Gasteiger partial charge on any atom is 0.223 e. The number of hydrogen-bond donors (Lipinski definition) is 1. The molecule has 1 fully saturated rings. The fourth-order valence-electron chi connectivity index (χ4n) is 3.57. The van der Waals surface area contributed by atoms with Crippen LogP contribution in [-0.4, -0.2) is 40.5 Å². The summed E-state index contributed by atoms with van der Waals surface area (Å²) in [6, 6.07) is 6.46. The lowest BCUT2D eigenvalue weighted by atomic mass is 10.0. The van der Waals surface area contributed by atoms with Crippen LogP contribution in [0.2, 0.25) is 0 Å². The molecule has 0 radical (unpaired) electrons. The van der Waals surface area contributed by atoms with Gasteiger partial charge in [0.05, 0.1) is 12.1 Å². The van der Waals surface area contributed by atoms with Crippen molar-refractivity contribution < 1.29 is 9.53 Å². The van der Waals surface area contributed by atoms with Crippen LogP contribution in [-0.2, 0) is 16.0 Å². The summed E-state index contributed by atoms with van der Waals surface area (Å²) >= 11 is 0. The number of nitrogens with one attached hydrogen (secondary N) is 1. The van der Waals surface area contributed by atoms with Crippen molar-refractivity contribution >= 4 is 5.91 Å². The van der Waals surface area contributed by atoms with Gasteiger partial charge in [0, 0.05) is 38.9 Å². The number of benzene rings is 1. The summed E-state index contributed by atoms with van der Waals surface area (Å²) in [5.74, 6) is 1.00. The second kappa shape index (κ2) is 7.18. The van der Waals surface area contributed by atoms with Crippen molar-refractivity contribution in [2.75, 3.05) is 13.7 Å². The molecule has 1 aliphatic rings. The van der Waals surface area contributed by atoms with Crippen molar-refractivity contribution in [2.45, 2.75) is 45.3 Å². The van der Waals surface area contributed by atoms with E-state index in [2.05, 4.69) is 42.0 Å². The lowest BCUT2D eigenvalue weighted by molar-refractivity contribution is -0.132. The monoisotopic (exact) mass is 327 g/mol. The van der Waals surface area contributed by atoms with Crippen LogP contribution < -0.4 is 0 Å². The van der Waals surface area contributed by atoms with Gasteiger partial charge in [-0.1, -0.05) is 29.3 Å². The molecule has 2 aromatic rings. The van der Waals surface area contributed by atoms with Gasteiger partial charge in [0.1, 0.15) is 5.82 Å². The number of aromatic nitrogens is 2. The molecular weight excluding hydrogens is 302 g/mol. The van der Waals surface area contributed by atoms with E-state index in [0.29, 0.717) is 13.0 Å². The third-order valence-corrected chi connectivity index (χ3v) is 4.66. The third kappa shape index (κ3) is 3.67. The summed E-state index contributed by atoms with van der Waals surface area (Å²) < 4.78 is 5.48. The van der Waals surface area contributed by atoms with E-state index in [0.717, 1.165) is 18.7 Å². The van der Waals surface area contributed by atoms with Crippen LogP contribution in [0.15, 0.2) is 30.6 Å². The van der Waals surface area contributed by atoms with Crippen molar-refractivity contribution in [3.05, 3.63) is 53.1 Å². The molecule has 0 saturated carbocycles. The van der Waals surface area contributed by atoms with E-state index in [1.54, 1.807) is 19.5 Å². The minimum atomic E-state index is -0.0169. The highest BCUT2D eigenvalue weighted by Crippen LogP contribution is 2.32. The zero-order chi connectivity index (χ0) is 17.1. The number of imidazole rings is 1. The fourth-order valence-corrected chi connectivity index (χ4v) is 3.57. The smallest absolute Gasteiger partial charge is 0.223 e. The Morgan fingerprint density at radius 2 is 2.08 bits per heavy atom. The zero-order valence-corrected chi connectivity index (χ0v) is 14.6. The Bertz CT molecular complexity index is 676. The van der Waals surface area contributed by atoms with Crippen LogP contribution in [0.25, 0.3) is 0 Å². The Kier molecular flexibility index (Phi) is 5.00. The van der Waals surface area contributed by atoms with Gasteiger partial charge in [0.15, 0.2) is 0 Å². The van der Waals surface area contributed by atoms with E-state index >= 15 is 0 Å². The molecule has 2 heterocycles. The maximum absolute atomic E-state index is 12.8. The highest BCUT2D eigenvalue weighted by molar-refractivity contribution is 5.77. The second-order valence-electron chi connectivity index (χ2n) is 6.63. The van der Waals surface area contributed by atoms with Crippen LogP contribution in [0.3, 0.4) is 0 Å². The highest BCUT2D eigenvalue weighted by Gasteiger charge is 2.37. The third-order valence-electron chi connectivity index (χ3n) is 4.66. The van der Waals surface area contributed by atoms with Crippen LogP contribution >= 0.6 is 0 Å².